The number of hydrogen-bond acceptors (Lipinski definition) is 4. The fourth-order valence-corrected chi connectivity index (χ4v) is 2.00. The van der Waals surface area contributed by atoms with Crippen molar-refractivity contribution in [1.29, 1.82) is 0 Å². The van der Waals surface area contributed by atoms with Gasteiger partial charge in [0.05, 0.1) is 18.7 Å². The third kappa shape index (κ3) is 5.47. The van der Waals surface area contributed by atoms with Crippen LogP contribution >= 0.6 is 0 Å². The van der Waals surface area contributed by atoms with E-state index in [4.69, 9.17) is 9.47 Å². The minimum absolute atomic E-state index is 0.143. The summed E-state index contributed by atoms with van der Waals surface area (Å²) in [6.07, 6.45) is 0.143. The first-order valence-electron chi connectivity index (χ1n) is 7.40. The first-order valence-corrected chi connectivity index (χ1v) is 7.40. The Bertz CT molecular complexity index is 655. The molecule has 0 unspecified atom stereocenters. The molecule has 2 aromatic rings. The summed E-state index contributed by atoms with van der Waals surface area (Å²) >= 11 is 0. The summed E-state index contributed by atoms with van der Waals surface area (Å²) in [6.45, 7) is 2.04. The summed E-state index contributed by atoms with van der Waals surface area (Å²) < 4.78 is 10.4. The molecule has 0 aliphatic heterocycles. The van der Waals surface area contributed by atoms with Crippen LogP contribution in [0.5, 0.6) is 5.75 Å². The van der Waals surface area contributed by atoms with Crippen LogP contribution < -0.4 is 10.1 Å². The van der Waals surface area contributed by atoms with Crippen molar-refractivity contribution in [1.82, 2.24) is 0 Å². The molecule has 0 aromatic heterocycles. The number of benzene rings is 2. The Balaban J connectivity index is 1.82. The van der Waals surface area contributed by atoms with Crippen molar-refractivity contribution in [2.75, 3.05) is 18.5 Å². The first kappa shape index (κ1) is 16.5. The van der Waals surface area contributed by atoms with Crippen LogP contribution in [0.4, 0.5) is 5.69 Å². The molecule has 23 heavy (non-hydrogen) atoms. The molecule has 0 aliphatic rings. The summed E-state index contributed by atoms with van der Waals surface area (Å²) in [5.41, 5.74) is 1.40. The lowest BCUT2D eigenvalue weighted by atomic mass is 10.2. The highest BCUT2D eigenvalue weighted by atomic mass is 16.5. The number of hydrogen-bond donors (Lipinski definition) is 1. The largest absolute Gasteiger partial charge is 0.492 e. The van der Waals surface area contributed by atoms with Crippen LogP contribution in [0.15, 0.2) is 54.6 Å². The zero-order valence-corrected chi connectivity index (χ0v) is 13.0. The number of para-hydroxylation sites is 2. The second-order valence-electron chi connectivity index (χ2n) is 4.80. The zero-order valence-electron chi connectivity index (χ0n) is 13.0. The smallest absolute Gasteiger partial charge is 0.310 e. The number of ether oxygens (including phenoxy) is 2. The van der Waals surface area contributed by atoms with Crippen LogP contribution in [-0.4, -0.2) is 25.1 Å². The van der Waals surface area contributed by atoms with E-state index >= 15 is 0 Å². The fraction of sp³-hybridized carbons (Fsp3) is 0.222. The van der Waals surface area contributed by atoms with E-state index < -0.39 is 11.9 Å². The van der Waals surface area contributed by atoms with Crippen molar-refractivity contribution in [3.63, 3.8) is 0 Å². The highest BCUT2D eigenvalue weighted by molar-refractivity contribution is 5.94. The van der Waals surface area contributed by atoms with Gasteiger partial charge < -0.3 is 14.8 Å². The molecule has 2 rings (SSSR count). The van der Waals surface area contributed by atoms with E-state index in [1.165, 1.54) is 0 Å². The predicted octanol–water partition coefficient (Wildman–Crippen LogP) is 2.81. The van der Waals surface area contributed by atoms with Crippen molar-refractivity contribution < 1.29 is 19.1 Å². The Morgan fingerprint density at radius 1 is 1.00 bits per heavy atom. The van der Waals surface area contributed by atoms with Gasteiger partial charge in [-0.25, -0.2) is 0 Å². The van der Waals surface area contributed by atoms with Crippen LogP contribution in [0.3, 0.4) is 0 Å². The average molecular weight is 313 g/mol. The number of rotatable bonds is 7. The number of nitrogens with one attached hydrogen (secondary N) is 1. The van der Waals surface area contributed by atoms with Crippen molar-refractivity contribution >= 4 is 17.6 Å². The molecule has 0 radical (unpaired) electrons. The lowest BCUT2D eigenvalue weighted by molar-refractivity contribution is -0.146. The normalized spacial score (nSPS) is 9.96. The van der Waals surface area contributed by atoms with Gasteiger partial charge in [0.25, 0.3) is 5.91 Å². The van der Waals surface area contributed by atoms with E-state index in [1.807, 2.05) is 43.3 Å². The topological polar surface area (TPSA) is 64.6 Å². The summed E-state index contributed by atoms with van der Waals surface area (Å²) in [5, 5.41) is 2.67. The monoisotopic (exact) mass is 313 g/mol. The number of anilines is 1. The molecule has 0 fully saturated rings. The second kappa shape index (κ2) is 8.58. The Labute approximate surface area is 135 Å². The van der Waals surface area contributed by atoms with E-state index in [9.17, 15) is 9.59 Å². The number of amides is 1. The van der Waals surface area contributed by atoms with Crippen LogP contribution in [0.2, 0.25) is 0 Å². The van der Waals surface area contributed by atoms with Gasteiger partial charge in [0.2, 0.25) is 0 Å². The van der Waals surface area contributed by atoms with E-state index in [2.05, 4.69) is 5.32 Å². The lowest BCUT2D eigenvalue weighted by Gasteiger charge is -2.11. The van der Waals surface area contributed by atoms with E-state index in [0.717, 1.165) is 5.56 Å². The SMILES string of the molecule is CCOc1ccccc1NC(=O)COC(=O)Cc1ccccc1. The third-order valence-corrected chi connectivity index (χ3v) is 3.02. The molecule has 0 spiro atoms. The first-order chi connectivity index (χ1) is 11.2. The fourth-order valence-electron chi connectivity index (χ4n) is 2.00. The molecule has 120 valence electrons. The van der Waals surface area contributed by atoms with Gasteiger partial charge in [0, 0.05) is 0 Å². The van der Waals surface area contributed by atoms with Crippen molar-refractivity contribution in [3.05, 3.63) is 60.2 Å². The Kier molecular flexibility index (Phi) is 6.17. The molecular formula is C18H19NO4. The van der Waals surface area contributed by atoms with Crippen LogP contribution in [0.25, 0.3) is 0 Å². The van der Waals surface area contributed by atoms with Gasteiger partial charge in [-0.2, -0.15) is 0 Å². The number of carbonyl (C=O) groups is 2. The molecule has 0 saturated carbocycles. The molecular weight excluding hydrogens is 294 g/mol. The highest BCUT2D eigenvalue weighted by Gasteiger charge is 2.10. The van der Waals surface area contributed by atoms with Gasteiger partial charge >= 0.3 is 5.97 Å². The van der Waals surface area contributed by atoms with Gasteiger partial charge in [-0.1, -0.05) is 42.5 Å². The van der Waals surface area contributed by atoms with Crippen molar-refractivity contribution in [3.8, 4) is 5.75 Å². The van der Waals surface area contributed by atoms with Crippen LogP contribution in [0.1, 0.15) is 12.5 Å². The molecule has 0 atom stereocenters. The van der Waals surface area contributed by atoms with Gasteiger partial charge in [-0.05, 0) is 24.6 Å². The molecule has 2 aromatic carbocycles. The van der Waals surface area contributed by atoms with Gasteiger partial charge in [-0.3, -0.25) is 9.59 Å². The molecule has 0 bridgehead atoms. The highest BCUT2D eigenvalue weighted by Crippen LogP contribution is 2.23. The predicted molar refractivity (Wildman–Crippen MR) is 87.3 cm³/mol. The van der Waals surface area contributed by atoms with E-state index in [0.29, 0.717) is 18.0 Å². The summed E-state index contributed by atoms with van der Waals surface area (Å²) in [6, 6.07) is 16.3. The maximum atomic E-state index is 11.9. The van der Waals surface area contributed by atoms with Crippen LogP contribution in [-0.2, 0) is 20.7 Å². The number of esters is 1. The molecule has 5 nitrogen and oxygen atoms in total. The standard InChI is InChI=1S/C18H19NO4/c1-2-22-16-11-7-6-10-15(16)19-17(20)13-23-18(21)12-14-8-4-3-5-9-14/h3-11H,2,12-13H2,1H3,(H,19,20). The summed E-state index contributed by atoms with van der Waals surface area (Å²) in [4.78, 5) is 23.6. The minimum Gasteiger partial charge on any atom is -0.492 e. The van der Waals surface area contributed by atoms with E-state index in [1.54, 1.807) is 18.2 Å². The lowest BCUT2D eigenvalue weighted by Crippen LogP contribution is -2.22. The Hall–Kier alpha value is -2.82. The minimum atomic E-state index is -0.440. The maximum Gasteiger partial charge on any atom is 0.310 e. The van der Waals surface area contributed by atoms with Crippen molar-refractivity contribution in [2.24, 2.45) is 0 Å². The van der Waals surface area contributed by atoms with Crippen molar-refractivity contribution in [2.45, 2.75) is 13.3 Å². The van der Waals surface area contributed by atoms with Gasteiger partial charge in [0.1, 0.15) is 5.75 Å². The summed E-state index contributed by atoms with van der Waals surface area (Å²) in [7, 11) is 0. The Morgan fingerprint density at radius 2 is 1.70 bits per heavy atom. The summed E-state index contributed by atoms with van der Waals surface area (Å²) in [5.74, 6) is -0.262. The maximum absolute atomic E-state index is 11.9. The molecule has 5 heteroatoms. The van der Waals surface area contributed by atoms with Crippen LogP contribution in [0, 0.1) is 0 Å². The molecule has 1 N–H and O–H groups in total. The number of carbonyl (C=O) groups excluding carboxylic acids is 2. The molecule has 1 amide bonds. The Morgan fingerprint density at radius 3 is 2.43 bits per heavy atom. The molecule has 0 saturated heterocycles. The third-order valence-electron chi connectivity index (χ3n) is 3.02. The van der Waals surface area contributed by atoms with Gasteiger partial charge in [-0.15, -0.1) is 0 Å². The molecule has 0 aliphatic carbocycles. The second-order valence-corrected chi connectivity index (χ2v) is 4.80. The quantitative estimate of drug-likeness (QED) is 0.798. The van der Waals surface area contributed by atoms with Gasteiger partial charge in [0.15, 0.2) is 6.61 Å². The zero-order chi connectivity index (χ0) is 16.5. The molecule has 0 heterocycles. The van der Waals surface area contributed by atoms with E-state index in [-0.39, 0.29) is 13.0 Å². The average Bonchev–Trinajstić information content (AvgIpc) is 2.56.